The van der Waals surface area contributed by atoms with Crippen LogP contribution in [-0.2, 0) is 21.0 Å². The summed E-state index contributed by atoms with van der Waals surface area (Å²) in [6, 6.07) is 8.10. The van der Waals surface area contributed by atoms with E-state index in [4.69, 9.17) is 15.2 Å². The zero-order valence-electron chi connectivity index (χ0n) is 13.8. The number of benzene rings is 1. The van der Waals surface area contributed by atoms with Crippen molar-refractivity contribution in [1.29, 1.82) is 0 Å². The van der Waals surface area contributed by atoms with Crippen molar-refractivity contribution in [2.45, 2.75) is 18.4 Å². The number of thioether (sulfide) groups is 1. The minimum Gasteiger partial charge on any atom is -0.465 e. The zero-order valence-corrected chi connectivity index (χ0v) is 15.4. The normalized spacial score (nSPS) is 10.5. The Labute approximate surface area is 149 Å². The van der Waals surface area contributed by atoms with Gasteiger partial charge in [0.2, 0.25) is 0 Å². The molecule has 0 atom stereocenters. The molecule has 0 fully saturated rings. The fourth-order valence-corrected chi connectivity index (χ4v) is 4.46. The van der Waals surface area contributed by atoms with Gasteiger partial charge in [0.05, 0.1) is 19.8 Å². The highest BCUT2D eigenvalue weighted by molar-refractivity contribution is 7.97. The topological polar surface area (TPSA) is 78.6 Å². The largest absolute Gasteiger partial charge is 0.465 e. The highest BCUT2D eigenvalue weighted by Crippen LogP contribution is 2.35. The number of thiophene rings is 1. The molecule has 0 aliphatic rings. The molecule has 0 radical (unpaired) electrons. The summed E-state index contributed by atoms with van der Waals surface area (Å²) in [4.78, 5) is 24.3. The van der Waals surface area contributed by atoms with Crippen LogP contribution in [0.3, 0.4) is 0 Å². The van der Waals surface area contributed by atoms with Gasteiger partial charge in [0.25, 0.3) is 0 Å². The van der Waals surface area contributed by atoms with E-state index in [1.54, 1.807) is 11.8 Å². The molecule has 1 aromatic carbocycles. The molecule has 0 aliphatic carbocycles. The molecule has 0 amide bonds. The van der Waals surface area contributed by atoms with Gasteiger partial charge in [0.1, 0.15) is 9.88 Å². The van der Waals surface area contributed by atoms with Crippen molar-refractivity contribution in [3.05, 3.63) is 51.4 Å². The molecular weight excluding hydrogens is 346 g/mol. The van der Waals surface area contributed by atoms with Gasteiger partial charge in [0, 0.05) is 17.1 Å². The molecule has 5 nitrogen and oxygen atoms in total. The van der Waals surface area contributed by atoms with Gasteiger partial charge in [-0.05, 0) is 18.1 Å². The Hall–Kier alpha value is -1.99. The molecule has 1 aromatic heterocycles. The number of nitrogens with two attached hydrogens (primary N) is 1. The number of hydrogen-bond acceptors (Lipinski definition) is 7. The maximum absolute atomic E-state index is 12.0. The van der Waals surface area contributed by atoms with Crippen LogP contribution in [0.4, 0.5) is 5.00 Å². The molecule has 2 N–H and O–H groups in total. The summed E-state index contributed by atoms with van der Waals surface area (Å²) in [6.07, 6.45) is 0. The molecule has 128 valence electrons. The van der Waals surface area contributed by atoms with Gasteiger partial charge in [-0.3, -0.25) is 0 Å². The summed E-state index contributed by atoms with van der Waals surface area (Å²) in [5.74, 6) is 0.208. The van der Waals surface area contributed by atoms with Gasteiger partial charge in [-0.2, -0.15) is 11.8 Å². The number of nitrogen functional groups attached to an aromatic ring is 1. The van der Waals surface area contributed by atoms with E-state index in [-0.39, 0.29) is 10.6 Å². The van der Waals surface area contributed by atoms with Gasteiger partial charge in [-0.25, -0.2) is 9.59 Å². The third kappa shape index (κ3) is 3.91. The number of hydrogen-bond donors (Lipinski definition) is 1. The van der Waals surface area contributed by atoms with Crippen molar-refractivity contribution in [3.8, 4) is 0 Å². The predicted octanol–water partition coefficient (Wildman–Crippen LogP) is 3.65. The summed E-state index contributed by atoms with van der Waals surface area (Å²) < 4.78 is 9.59. The minimum absolute atomic E-state index is 0.264. The molecule has 0 spiro atoms. The first-order chi connectivity index (χ1) is 11.5. The van der Waals surface area contributed by atoms with Crippen LogP contribution in [0.25, 0.3) is 0 Å². The Bertz CT molecular complexity index is 755. The van der Waals surface area contributed by atoms with E-state index in [2.05, 4.69) is 19.1 Å². The molecule has 0 saturated carbocycles. The lowest BCUT2D eigenvalue weighted by atomic mass is 10.1. The second-order valence-electron chi connectivity index (χ2n) is 5.05. The van der Waals surface area contributed by atoms with Crippen molar-refractivity contribution < 1.29 is 19.1 Å². The second-order valence-corrected chi connectivity index (χ2v) is 7.09. The maximum atomic E-state index is 12.0. The Morgan fingerprint density at radius 3 is 2.42 bits per heavy atom. The number of methoxy groups -OCH3 is 2. The molecule has 0 saturated heterocycles. The van der Waals surface area contributed by atoms with Gasteiger partial charge >= 0.3 is 11.9 Å². The summed E-state index contributed by atoms with van der Waals surface area (Å²) in [5.41, 5.74) is 9.18. The standard InChI is InChI=1S/C17H19NO4S2/c1-10-6-4-5-7-11(10)8-23-9-12-13(16(19)21-2)15(18)24-14(12)17(20)22-3/h4-7H,8-9,18H2,1-3H3. The molecule has 0 bridgehead atoms. The van der Waals surface area contributed by atoms with Crippen LogP contribution in [0.2, 0.25) is 0 Å². The fraction of sp³-hybridized carbons (Fsp3) is 0.294. The van der Waals surface area contributed by atoms with Gasteiger partial charge in [0.15, 0.2) is 0 Å². The van der Waals surface area contributed by atoms with E-state index in [9.17, 15) is 9.59 Å². The molecule has 0 aliphatic heterocycles. The first-order valence-electron chi connectivity index (χ1n) is 7.19. The minimum atomic E-state index is -0.537. The third-order valence-electron chi connectivity index (χ3n) is 3.56. The number of esters is 2. The summed E-state index contributed by atoms with van der Waals surface area (Å²) in [5, 5.41) is 0.272. The van der Waals surface area contributed by atoms with Gasteiger partial charge < -0.3 is 15.2 Å². The average molecular weight is 365 g/mol. The second kappa shape index (κ2) is 8.21. The van der Waals surface area contributed by atoms with Gasteiger partial charge in [-0.15, -0.1) is 11.3 Å². The monoisotopic (exact) mass is 365 g/mol. The van der Waals surface area contributed by atoms with E-state index in [0.29, 0.717) is 16.2 Å². The fourth-order valence-electron chi connectivity index (χ4n) is 2.24. The molecule has 2 aromatic rings. The molecule has 24 heavy (non-hydrogen) atoms. The first-order valence-corrected chi connectivity index (χ1v) is 9.16. The lowest BCUT2D eigenvalue weighted by Crippen LogP contribution is -2.08. The molecular formula is C17H19NO4S2. The Morgan fingerprint density at radius 1 is 1.12 bits per heavy atom. The molecule has 2 rings (SSSR count). The van der Waals surface area contributed by atoms with Crippen LogP contribution in [-0.4, -0.2) is 26.2 Å². The Balaban J connectivity index is 2.25. The maximum Gasteiger partial charge on any atom is 0.348 e. The number of rotatable bonds is 6. The van der Waals surface area contributed by atoms with E-state index in [1.807, 2.05) is 12.1 Å². The van der Waals surface area contributed by atoms with Crippen molar-refractivity contribution >= 4 is 40.0 Å². The summed E-state index contributed by atoms with van der Waals surface area (Å²) in [7, 11) is 2.60. The smallest absolute Gasteiger partial charge is 0.348 e. The number of carbonyl (C=O) groups is 2. The van der Waals surface area contributed by atoms with Crippen LogP contribution in [0.5, 0.6) is 0 Å². The Kier molecular flexibility index (Phi) is 6.28. The first kappa shape index (κ1) is 18.4. The van der Waals surface area contributed by atoms with Crippen molar-refractivity contribution in [1.82, 2.24) is 0 Å². The average Bonchev–Trinajstić information content (AvgIpc) is 2.91. The molecule has 0 unspecified atom stereocenters. The number of ether oxygens (including phenoxy) is 2. The van der Waals surface area contributed by atoms with E-state index >= 15 is 0 Å². The number of anilines is 1. The number of aryl methyl sites for hydroxylation is 1. The highest BCUT2D eigenvalue weighted by Gasteiger charge is 2.26. The van der Waals surface area contributed by atoms with E-state index in [1.165, 1.54) is 25.3 Å². The van der Waals surface area contributed by atoms with E-state index in [0.717, 1.165) is 17.1 Å². The highest BCUT2D eigenvalue weighted by atomic mass is 32.2. The van der Waals surface area contributed by atoms with Gasteiger partial charge in [-0.1, -0.05) is 24.3 Å². The van der Waals surface area contributed by atoms with Crippen LogP contribution >= 0.6 is 23.1 Å². The van der Waals surface area contributed by atoms with Crippen LogP contribution in [0.15, 0.2) is 24.3 Å². The Morgan fingerprint density at radius 2 is 1.79 bits per heavy atom. The van der Waals surface area contributed by atoms with Crippen molar-refractivity contribution in [3.63, 3.8) is 0 Å². The van der Waals surface area contributed by atoms with Crippen LogP contribution in [0, 0.1) is 6.92 Å². The SMILES string of the molecule is COC(=O)c1sc(N)c(C(=O)OC)c1CSCc1ccccc1C. The molecule has 1 heterocycles. The predicted molar refractivity (Wildman–Crippen MR) is 97.6 cm³/mol. The lowest BCUT2D eigenvalue weighted by Gasteiger charge is -2.08. The zero-order chi connectivity index (χ0) is 17.7. The van der Waals surface area contributed by atoms with Crippen molar-refractivity contribution in [2.75, 3.05) is 20.0 Å². The quantitative estimate of drug-likeness (QED) is 0.787. The summed E-state index contributed by atoms with van der Waals surface area (Å²) >= 11 is 2.66. The number of carbonyl (C=O) groups excluding carboxylic acids is 2. The summed E-state index contributed by atoms with van der Waals surface area (Å²) in [6.45, 7) is 2.05. The van der Waals surface area contributed by atoms with Crippen LogP contribution in [0.1, 0.15) is 36.7 Å². The molecule has 7 heteroatoms. The third-order valence-corrected chi connectivity index (χ3v) is 5.61. The lowest BCUT2D eigenvalue weighted by molar-refractivity contribution is 0.0601. The van der Waals surface area contributed by atoms with E-state index < -0.39 is 11.9 Å². The van der Waals surface area contributed by atoms with Crippen molar-refractivity contribution in [2.24, 2.45) is 0 Å². The van der Waals surface area contributed by atoms with Crippen LogP contribution < -0.4 is 5.73 Å².